The van der Waals surface area contributed by atoms with Crippen LogP contribution < -0.4 is 5.43 Å². The Morgan fingerprint density at radius 1 is 1.13 bits per heavy atom. The van der Waals surface area contributed by atoms with Crippen molar-refractivity contribution in [2.24, 2.45) is 0 Å². The number of fused-ring (bicyclic) bond motifs is 1. The summed E-state index contributed by atoms with van der Waals surface area (Å²) in [5.41, 5.74) is 1.86. The summed E-state index contributed by atoms with van der Waals surface area (Å²) in [4.78, 5) is 11.6. The largest absolute Gasteiger partial charge is 0.464 e. The van der Waals surface area contributed by atoms with Crippen LogP contribution in [0.2, 0.25) is 0 Å². The Morgan fingerprint density at radius 2 is 1.87 bits per heavy atom. The molecular formula is C13H14O2. The predicted molar refractivity (Wildman–Crippen MR) is 61.2 cm³/mol. The summed E-state index contributed by atoms with van der Waals surface area (Å²) in [7, 11) is 0. The summed E-state index contributed by atoms with van der Waals surface area (Å²) in [6, 6.07) is 7.23. The molecule has 1 aromatic heterocycles. The highest BCUT2D eigenvalue weighted by Crippen LogP contribution is 2.24. The van der Waals surface area contributed by atoms with E-state index in [-0.39, 0.29) is 10.8 Å². The van der Waals surface area contributed by atoms with Crippen molar-refractivity contribution < 1.29 is 4.42 Å². The van der Waals surface area contributed by atoms with E-state index in [4.69, 9.17) is 4.42 Å². The first-order valence-corrected chi connectivity index (χ1v) is 5.00. The Labute approximate surface area is 88.5 Å². The summed E-state index contributed by atoms with van der Waals surface area (Å²) in [5, 5.41) is 0.657. The zero-order chi connectivity index (χ0) is 11.1. The molecule has 0 aliphatic heterocycles. The van der Waals surface area contributed by atoms with E-state index in [0.29, 0.717) is 11.0 Å². The molecule has 0 aliphatic rings. The molecule has 0 amide bonds. The van der Waals surface area contributed by atoms with Crippen molar-refractivity contribution in [2.75, 3.05) is 0 Å². The molecule has 2 heteroatoms. The van der Waals surface area contributed by atoms with Crippen LogP contribution in [-0.4, -0.2) is 0 Å². The maximum atomic E-state index is 11.6. The Balaban J connectivity index is 2.76. The van der Waals surface area contributed by atoms with Crippen LogP contribution >= 0.6 is 0 Å². The van der Waals surface area contributed by atoms with Crippen molar-refractivity contribution in [1.29, 1.82) is 0 Å². The molecule has 0 atom stereocenters. The second-order valence-corrected chi connectivity index (χ2v) is 4.75. The molecule has 1 aromatic carbocycles. The third-order valence-electron chi connectivity index (χ3n) is 2.53. The first-order chi connectivity index (χ1) is 6.98. The smallest absolute Gasteiger partial charge is 0.192 e. The second-order valence-electron chi connectivity index (χ2n) is 4.75. The fourth-order valence-electron chi connectivity index (χ4n) is 1.55. The quantitative estimate of drug-likeness (QED) is 0.657. The molecule has 0 fully saturated rings. The van der Waals surface area contributed by atoms with Crippen LogP contribution in [0.5, 0.6) is 0 Å². The van der Waals surface area contributed by atoms with Gasteiger partial charge in [0.25, 0.3) is 0 Å². The first kappa shape index (κ1) is 9.97. The van der Waals surface area contributed by atoms with Crippen LogP contribution in [0.15, 0.2) is 39.7 Å². The van der Waals surface area contributed by atoms with Gasteiger partial charge in [0.1, 0.15) is 5.58 Å². The van der Waals surface area contributed by atoms with Gasteiger partial charge < -0.3 is 4.42 Å². The summed E-state index contributed by atoms with van der Waals surface area (Å²) in [6.07, 6.45) is 1.43. The average molecular weight is 202 g/mol. The SMILES string of the molecule is CC(C)(C)c1ccc2occc(=O)c2c1. The zero-order valence-electron chi connectivity index (χ0n) is 9.20. The van der Waals surface area contributed by atoms with E-state index < -0.39 is 0 Å². The summed E-state index contributed by atoms with van der Waals surface area (Å²) >= 11 is 0. The van der Waals surface area contributed by atoms with Crippen molar-refractivity contribution in [3.05, 3.63) is 46.3 Å². The molecule has 2 rings (SSSR count). The summed E-state index contributed by atoms with van der Waals surface area (Å²) < 4.78 is 5.26. The minimum absolute atomic E-state index is 0.0161. The van der Waals surface area contributed by atoms with Gasteiger partial charge >= 0.3 is 0 Å². The van der Waals surface area contributed by atoms with Crippen LogP contribution in [0.25, 0.3) is 11.0 Å². The molecule has 0 spiro atoms. The first-order valence-electron chi connectivity index (χ1n) is 5.00. The van der Waals surface area contributed by atoms with Gasteiger partial charge in [0, 0.05) is 6.07 Å². The van der Waals surface area contributed by atoms with Crippen LogP contribution in [-0.2, 0) is 5.41 Å². The molecule has 0 radical (unpaired) electrons. The van der Waals surface area contributed by atoms with Gasteiger partial charge in [0.15, 0.2) is 5.43 Å². The van der Waals surface area contributed by atoms with Gasteiger partial charge in [0.2, 0.25) is 0 Å². The maximum absolute atomic E-state index is 11.6. The molecule has 2 aromatic rings. The lowest BCUT2D eigenvalue weighted by atomic mass is 9.86. The number of benzene rings is 1. The van der Waals surface area contributed by atoms with Crippen LogP contribution in [0.3, 0.4) is 0 Å². The Morgan fingerprint density at radius 3 is 2.53 bits per heavy atom. The monoisotopic (exact) mass is 202 g/mol. The van der Waals surface area contributed by atoms with Crippen molar-refractivity contribution in [1.82, 2.24) is 0 Å². The number of hydrogen-bond donors (Lipinski definition) is 0. The molecule has 0 bridgehead atoms. The van der Waals surface area contributed by atoms with Gasteiger partial charge in [-0.25, -0.2) is 0 Å². The summed E-state index contributed by atoms with van der Waals surface area (Å²) in [6.45, 7) is 6.37. The van der Waals surface area contributed by atoms with E-state index in [1.54, 1.807) is 0 Å². The zero-order valence-corrected chi connectivity index (χ0v) is 9.20. The molecule has 0 N–H and O–H groups in total. The lowest BCUT2D eigenvalue weighted by molar-refractivity contribution is 0.585. The minimum atomic E-state index is 0.0161. The van der Waals surface area contributed by atoms with Gasteiger partial charge in [-0.2, -0.15) is 0 Å². The highest BCUT2D eigenvalue weighted by atomic mass is 16.3. The number of rotatable bonds is 0. The predicted octanol–water partition coefficient (Wildman–Crippen LogP) is 3.09. The fourth-order valence-corrected chi connectivity index (χ4v) is 1.55. The molecule has 15 heavy (non-hydrogen) atoms. The molecule has 0 saturated heterocycles. The third-order valence-corrected chi connectivity index (χ3v) is 2.53. The topological polar surface area (TPSA) is 30.2 Å². The van der Waals surface area contributed by atoms with Crippen molar-refractivity contribution in [3.8, 4) is 0 Å². The van der Waals surface area contributed by atoms with E-state index in [2.05, 4.69) is 20.8 Å². The van der Waals surface area contributed by atoms with Crippen LogP contribution in [0.4, 0.5) is 0 Å². The molecule has 0 unspecified atom stereocenters. The van der Waals surface area contributed by atoms with Gasteiger partial charge in [-0.3, -0.25) is 4.79 Å². The molecule has 1 heterocycles. The van der Waals surface area contributed by atoms with E-state index in [9.17, 15) is 4.79 Å². The fraction of sp³-hybridized carbons (Fsp3) is 0.308. The molecule has 78 valence electrons. The third kappa shape index (κ3) is 1.80. The van der Waals surface area contributed by atoms with Gasteiger partial charge in [0.05, 0.1) is 11.6 Å². The van der Waals surface area contributed by atoms with Gasteiger partial charge in [-0.15, -0.1) is 0 Å². The van der Waals surface area contributed by atoms with Gasteiger partial charge in [-0.1, -0.05) is 26.8 Å². The van der Waals surface area contributed by atoms with Gasteiger partial charge in [-0.05, 0) is 23.1 Å². The van der Waals surface area contributed by atoms with E-state index >= 15 is 0 Å². The average Bonchev–Trinajstić information content (AvgIpc) is 2.16. The molecule has 0 saturated carbocycles. The Kier molecular flexibility index (Phi) is 2.14. The molecule has 0 aliphatic carbocycles. The summed E-state index contributed by atoms with van der Waals surface area (Å²) in [5.74, 6) is 0. The van der Waals surface area contributed by atoms with E-state index in [1.165, 1.54) is 12.3 Å². The van der Waals surface area contributed by atoms with E-state index in [0.717, 1.165) is 5.56 Å². The normalized spacial score (nSPS) is 11.9. The highest BCUT2D eigenvalue weighted by Gasteiger charge is 2.14. The van der Waals surface area contributed by atoms with Crippen LogP contribution in [0, 0.1) is 0 Å². The van der Waals surface area contributed by atoms with Crippen molar-refractivity contribution in [3.63, 3.8) is 0 Å². The second kappa shape index (κ2) is 3.23. The Bertz CT molecular complexity index is 544. The van der Waals surface area contributed by atoms with Crippen molar-refractivity contribution in [2.45, 2.75) is 26.2 Å². The van der Waals surface area contributed by atoms with E-state index in [1.807, 2.05) is 18.2 Å². The lowest BCUT2D eigenvalue weighted by Gasteiger charge is -2.18. The van der Waals surface area contributed by atoms with Crippen LogP contribution in [0.1, 0.15) is 26.3 Å². The molecule has 2 nitrogen and oxygen atoms in total. The Hall–Kier alpha value is -1.57. The van der Waals surface area contributed by atoms with Crippen molar-refractivity contribution >= 4 is 11.0 Å². The highest BCUT2D eigenvalue weighted by molar-refractivity contribution is 5.77. The minimum Gasteiger partial charge on any atom is -0.464 e. The molecular weight excluding hydrogens is 188 g/mol. The maximum Gasteiger partial charge on any atom is 0.192 e. The lowest BCUT2D eigenvalue weighted by Crippen LogP contribution is -2.11. The standard InChI is InChI=1S/C13H14O2/c1-13(2,3)9-4-5-12-10(8-9)11(14)6-7-15-12/h4-8H,1-3H3. The number of hydrogen-bond acceptors (Lipinski definition) is 2.